The van der Waals surface area contributed by atoms with E-state index in [9.17, 15) is 4.79 Å². The lowest BCUT2D eigenvalue weighted by Gasteiger charge is -2.09. The van der Waals surface area contributed by atoms with Gasteiger partial charge in [-0.2, -0.15) is 0 Å². The summed E-state index contributed by atoms with van der Waals surface area (Å²) >= 11 is 0. The van der Waals surface area contributed by atoms with Gasteiger partial charge >= 0.3 is 5.97 Å². The van der Waals surface area contributed by atoms with Gasteiger partial charge in [0, 0.05) is 5.57 Å². The van der Waals surface area contributed by atoms with Gasteiger partial charge in [0.05, 0.1) is 0 Å². The third-order valence-electron chi connectivity index (χ3n) is 3.94. The van der Waals surface area contributed by atoms with Gasteiger partial charge in [-0.05, 0) is 35.6 Å². The number of aliphatic carboxylic acids is 1. The van der Waals surface area contributed by atoms with Crippen LogP contribution in [0.25, 0.3) is 22.3 Å². The van der Waals surface area contributed by atoms with Crippen LogP contribution < -0.4 is 0 Å². The molecule has 0 aliphatic carbocycles. The number of carboxylic acid groups (broad SMARTS) is 1. The van der Waals surface area contributed by atoms with Gasteiger partial charge in [-0.3, -0.25) is 0 Å². The van der Waals surface area contributed by atoms with Gasteiger partial charge in [-0.15, -0.1) is 0 Å². The molecule has 0 heterocycles. The van der Waals surface area contributed by atoms with Crippen molar-refractivity contribution in [2.24, 2.45) is 0 Å². The number of benzene rings is 3. The zero-order valence-electron chi connectivity index (χ0n) is 15.2. The van der Waals surface area contributed by atoms with E-state index < -0.39 is 5.97 Å². The van der Waals surface area contributed by atoms with Crippen molar-refractivity contribution >= 4 is 5.97 Å². The van der Waals surface area contributed by atoms with E-state index in [1.807, 2.05) is 6.92 Å². The molecule has 0 unspecified atom stereocenters. The molecule has 2 nitrogen and oxygen atoms in total. The van der Waals surface area contributed by atoms with Crippen molar-refractivity contribution < 1.29 is 9.90 Å². The molecule has 0 radical (unpaired) electrons. The molecule has 3 rings (SSSR count). The maximum Gasteiger partial charge on any atom is 0.330 e. The first-order chi connectivity index (χ1) is 12.6. The van der Waals surface area contributed by atoms with E-state index >= 15 is 0 Å². The first-order valence-corrected chi connectivity index (χ1v) is 8.73. The van der Waals surface area contributed by atoms with E-state index in [1.54, 1.807) is 13.0 Å². The fraction of sp³-hybridized carbons (Fsp3) is 0.125. The van der Waals surface area contributed by atoms with Gasteiger partial charge < -0.3 is 5.11 Å². The summed E-state index contributed by atoms with van der Waals surface area (Å²) in [6.07, 6.45) is 2.47. The van der Waals surface area contributed by atoms with Crippen LogP contribution in [-0.2, 0) is 4.79 Å². The highest BCUT2D eigenvalue weighted by Gasteiger charge is 2.05. The summed E-state index contributed by atoms with van der Waals surface area (Å²) in [5.74, 6) is -0.827. The Balaban J connectivity index is 0.000000260. The van der Waals surface area contributed by atoms with Gasteiger partial charge in [0.2, 0.25) is 0 Å². The number of allylic oxidation sites excluding steroid dienone is 1. The minimum absolute atomic E-state index is 0.424. The van der Waals surface area contributed by atoms with Crippen molar-refractivity contribution in [1.29, 1.82) is 0 Å². The van der Waals surface area contributed by atoms with Crippen LogP contribution in [0.3, 0.4) is 0 Å². The molecule has 1 N–H and O–H groups in total. The number of hydrogen-bond acceptors (Lipinski definition) is 1. The summed E-state index contributed by atoms with van der Waals surface area (Å²) in [7, 11) is 0. The highest BCUT2D eigenvalue weighted by Crippen LogP contribution is 2.31. The van der Waals surface area contributed by atoms with Crippen molar-refractivity contribution in [3.05, 3.63) is 96.6 Å². The first-order valence-electron chi connectivity index (χ1n) is 8.73. The SMILES string of the molecule is CCC=C(C)C(=O)O.c1ccc(-c2ccccc2-c2ccccc2)cc1. The summed E-state index contributed by atoms with van der Waals surface area (Å²) in [6, 6.07) is 29.6. The maximum atomic E-state index is 10.0. The highest BCUT2D eigenvalue weighted by molar-refractivity contribution is 5.85. The lowest BCUT2D eigenvalue weighted by molar-refractivity contribution is -0.132. The van der Waals surface area contributed by atoms with E-state index in [-0.39, 0.29) is 0 Å². The summed E-state index contributed by atoms with van der Waals surface area (Å²) in [6.45, 7) is 3.50. The molecule has 3 aromatic rings. The van der Waals surface area contributed by atoms with Crippen molar-refractivity contribution in [2.45, 2.75) is 20.3 Å². The van der Waals surface area contributed by atoms with Crippen LogP contribution >= 0.6 is 0 Å². The molecule has 3 aromatic carbocycles. The highest BCUT2D eigenvalue weighted by atomic mass is 16.4. The zero-order chi connectivity index (χ0) is 18.8. The molecule has 132 valence electrons. The lowest BCUT2D eigenvalue weighted by Crippen LogP contribution is -1.94. The molecule has 0 bridgehead atoms. The van der Waals surface area contributed by atoms with Crippen molar-refractivity contribution in [3.8, 4) is 22.3 Å². The Morgan fingerprint density at radius 3 is 1.46 bits per heavy atom. The second-order valence-electron chi connectivity index (χ2n) is 5.88. The number of carbonyl (C=O) groups is 1. The molecule has 0 atom stereocenters. The van der Waals surface area contributed by atoms with E-state index in [4.69, 9.17) is 5.11 Å². The fourth-order valence-electron chi connectivity index (χ4n) is 2.62. The Morgan fingerprint density at radius 1 is 0.769 bits per heavy atom. The van der Waals surface area contributed by atoms with Crippen molar-refractivity contribution in [1.82, 2.24) is 0 Å². The number of hydrogen-bond donors (Lipinski definition) is 1. The molecular formula is C24H24O2. The zero-order valence-corrected chi connectivity index (χ0v) is 15.2. The van der Waals surface area contributed by atoms with Crippen LogP contribution in [0, 0.1) is 0 Å². The van der Waals surface area contributed by atoms with Gasteiger partial charge in [0.1, 0.15) is 0 Å². The molecule has 26 heavy (non-hydrogen) atoms. The van der Waals surface area contributed by atoms with E-state index in [0.717, 1.165) is 6.42 Å². The number of rotatable bonds is 4. The van der Waals surface area contributed by atoms with Gasteiger partial charge in [-0.1, -0.05) is 97.9 Å². The smallest absolute Gasteiger partial charge is 0.330 e. The summed E-state index contributed by atoms with van der Waals surface area (Å²) in [5, 5.41) is 8.24. The minimum Gasteiger partial charge on any atom is -0.478 e. The largest absolute Gasteiger partial charge is 0.478 e. The average Bonchev–Trinajstić information content (AvgIpc) is 2.70. The Labute approximate surface area is 155 Å². The molecule has 0 aliphatic heterocycles. The van der Waals surface area contributed by atoms with Crippen LogP contribution in [0.1, 0.15) is 20.3 Å². The van der Waals surface area contributed by atoms with Crippen molar-refractivity contribution in [2.75, 3.05) is 0 Å². The summed E-state index contributed by atoms with van der Waals surface area (Å²) < 4.78 is 0. The molecule has 0 saturated carbocycles. The van der Waals surface area contributed by atoms with Crippen molar-refractivity contribution in [3.63, 3.8) is 0 Å². The molecule has 0 saturated heterocycles. The lowest BCUT2D eigenvalue weighted by atomic mass is 9.95. The molecule has 0 aromatic heterocycles. The second-order valence-corrected chi connectivity index (χ2v) is 5.88. The number of carboxylic acids is 1. The van der Waals surface area contributed by atoms with Crippen LogP contribution in [0.5, 0.6) is 0 Å². The van der Waals surface area contributed by atoms with Gasteiger partial charge in [-0.25, -0.2) is 4.79 Å². The second kappa shape index (κ2) is 10.00. The standard InChI is InChI=1S/C18H14.C6H10O2/c1-3-9-15(10-4-1)17-13-7-8-14-18(17)16-11-5-2-6-12-16;1-3-4-5(2)6(7)8/h1-14H;4H,3H2,1-2H3,(H,7,8). The normalized spacial score (nSPS) is 10.6. The topological polar surface area (TPSA) is 37.3 Å². The summed E-state index contributed by atoms with van der Waals surface area (Å²) in [4.78, 5) is 10.0. The van der Waals surface area contributed by atoms with Gasteiger partial charge in [0.25, 0.3) is 0 Å². The molecule has 2 heteroatoms. The Kier molecular flexibility index (Phi) is 7.38. The van der Waals surface area contributed by atoms with E-state index in [0.29, 0.717) is 5.57 Å². The molecule has 0 aliphatic rings. The van der Waals surface area contributed by atoms with E-state index in [1.165, 1.54) is 22.3 Å². The summed E-state index contributed by atoms with van der Waals surface area (Å²) in [5.41, 5.74) is 5.51. The first kappa shape index (κ1) is 19.2. The third kappa shape index (κ3) is 5.45. The molecule has 0 amide bonds. The van der Waals surface area contributed by atoms with Crippen LogP contribution in [0.2, 0.25) is 0 Å². The van der Waals surface area contributed by atoms with Crippen LogP contribution in [0.4, 0.5) is 0 Å². The Bertz CT molecular complexity index is 791. The Hall–Kier alpha value is -3.13. The monoisotopic (exact) mass is 344 g/mol. The van der Waals surface area contributed by atoms with E-state index in [2.05, 4.69) is 84.9 Å². The average molecular weight is 344 g/mol. The third-order valence-corrected chi connectivity index (χ3v) is 3.94. The minimum atomic E-state index is -0.827. The predicted molar refractivity (Wildman–Crippen MR) is 109 cm³/mol. The fourth-order valence-corrected chi connectivity index (χ4v) is 2.62. The van der Waals surface area contributed by atoms with Crippen LogP contribution in [0.15, 0.2) is 96.6 Å². The van der Waals surface area contributed by atoms with Gasteiger partial charge in [0.15, 0.2) is 0 Å². The molecule has 0 fully saturated rings. The molecule has 0 spiro atoms. The quantitative estimate of drug-likeness (QED) is 0.552. The van der Waals surface area contributed by atoms with Crippen LogP contribution in [-0.4, -0.2) is 11.1 Å². The maximum absolute atomic E-state index is 10.0. The Morgan fingerprint density at radius 2 is 1.15 bits per heavy atom. The molecular weight excluding hydrogens is 320 g/mol. The predicted octanol–water partition coefficient (Wildman–Crippen LogP) is 6.45.